The summed E-state index contributed by atoms with van der Waals surface area (Å²) in [5.74, 6) is 0.214. The predicted octanol–water partition coefficient (Wildman–Crippen LogP) is 0.866. The van der Waals surface area contributed by atoms with E-state index in [4.69, 9.17) is 0 Å². The van der Waals surface area contributed by atoms with Gasteiger partial charge < -0.3 is 5.11 Å². The fourth-order valence-electron chi connectivity index (χ4n) is 2.89. The van der Waals surface area contributed by atoms with E-state index in [0.717, 1.165) is 19.3 Å². The van der Waals surface area contributed by atoms with Crippen LogP contribution in [-0.4, -0.2) is 36.0 Å². The summed E-state index contributed by atoms with van der Waals surface area (Å²) in [5.41, 5.74) is 1.15. The molecule has 1 aliphatic carbocycles. The van der Waals surface area contributed by atoms with Crippen LogP contribution in [0.1, 0.15) is 37.1 Å². The number of aryl methyl sites for hydroxylation is 2. The molecule has 2 rings (SSSR count). The molecule has 1 saturated carbocycles. The first kappa shape index (κ1) is 15.5. The van der Waals surface area contributed by atoms with Crippen molar-refractivity contribution in [1.29, 1.82) is 0 Å². The highest BCUT2D eigenvalue weighted by Crippen LogP contribution is 2.24. The van der Waals surface area contributed by atoms with Gasteiger partial charge in [-0.25, -0.2) is 13.1 Å². The molecular weight excluding hydrogens is 278 g/mol. The SMILES string of the molecule is Cc1nn(C)c(C)c1S(=O)(=O)NCC1CCCC(O)C1. The Kier molecular flexibility index (Phi) is 4.51. The third-order valence-corrected chi connectivity index (χ3v) is 5.70. The van der Waals surface area contributed by atoms with Crippen LogP contribution in [-0.2, 0) is 17.1 Å². The molecule has 20 heavy (non-hydrogen) atoms. The second-order valence-corrected chi connectivity index (χ2v) is 7.37. The van der Waals surface area contributed by atoms with Gasteiger partial charge in [0.05, 0.1) is 17.5 Å². The zero-order chi connectivity index (χ0) is 14.9. The second kappa shape index (κ2) is 5.83. The smallest absolute Gasteiger partial charge is 0.244 e. The average molecular weight is 301 g/mol. The maximum atomic E-state index is 12.4. The van der Waals surface area contributed by atoms with Gasteiger partial charge in [-0.15, -0.1) is 0 Å². The summed E-state index contributed by atoms with van der Waals surface area (Å²) >= 11 is 0. The van der Waals surface area contributed by atoms with E-state index in [2.05, 4.69) is 9.82 Å². The van der Waals surface area contributed by atoms with Gasteiger partial charge in [-0.1, -0.05) is 6.42 Å². The number of rotatable bonds is 4. The Labute approximate surface area is 120 Å². The van der Waals surface area contributed by atoms with Gasteiger partial charge in [0.25, 0.3) is 0 Å². The standard InChI is InChI=1S/C13H23N3O3S/c1-9-13(10(2)16(3)15-9)20(18,19)14-8-11-5-4-6-12(17)7-11/h11-12,14,17H,4-8H2,1-3H3. The number of aliphatic hydroxyl groups excluding tert-OH is 1. The molecule has 0 amide bonds. The molecule has 1 aliphatic rings. The molecule has 2 unspecified atom stereocenters. The minimum atomic E-state index is -3.53. The van der Waals surface area contributed by atoms with Crippen molar-refractivity contribution in [3.63, 3.8) is 0 Å². The zero-order valence-corrected chi connectivity index (χ0v) is 13.1. The minimum absolute atomic E-state index is 0.214. The molecule has 0 bridgehead atoms. The van der Waals surface area contributed by atoms with Crippen molar-refractivity contribution < 1.29 is 13.5 Å². The minimum Gasteiger partial charge on any atom is -0.393 e. The number of sulfonamides is 1. The maximum Gasteiger partial charge on any atom is 0.244 e. The summed E-state index contributed by atoms with van der Waals surface area (Å²) in [5, 5.41) is 13.8. The van der Waals surface area contributed by atoms with Crippen molar-refractivity contribution in [2.75, 3.05) is 6.54 Å². The van der Waals surface area contributed by atoms with Gasteiger partial charge in [0, 0.05) is 13.6 Å². The molecule has 1 aromatic heterocycles. The molecule has 1 fully saturated rings. The van der Waals surface area contributed by atoms with Gasteiger partial charge >= 0.3 is 0 Å². The van der Waals surface area contributed by atoms with E-state index in [1.807, 2.05) is 0 Å². The number of aromatic nitrogens is 2. The highest BCUT2D eigenvalue weighted by Gasteiger charge is 2.26. The quantitative estimate of drug-likeness (QED) is 0.864. The summed E-state index contributed by atoms with van der Waals surface area (Å²) < 4.78 is 29.0. The van der Waals surface area contributed by atoms with Crippen LogP contribution in [0.5, 0.6) is 0 Å². The van der Waals surface area contributed by atoms with Gasteiger partial charge in [-0.3, -0.25) is 4.68 Å². The van der Waals surface area contributed by atoms with Crippen molar-refractivity contribution >= 4 is 10.0 Å². The Morgan fingerprint density at radius 1 is 1.40 bits per heavy atom. The first-order valence-corrected chi connectivity index (χ1v) is 8.47. The van der Waals surface area contributed by atoms with Gasteiger partial charge in [-0.2, -0.15) is 5.10 Å². The molecule has 114 valence electrons. The Morgan fingerprint density at radius 3 is 2.65 bits per heavy atom. The summed E-state index contributed by atoms with van der Waals surface area (Å²) in [6, 6.07) is 0. The van der Waals surface area contributed by atoms with Crippen molar-refractivity contribution in [2.24, 2.45) is 13.0 Å². The van der Waals surface area contributed by atoms with Gasteiger partial charge in [0.15, 0.2) is 0 Å². The van der Waals surface area contributed by atoms with Crippen LogP contribution in [0.15, 0.2) is 4.90 Å². The molecule has 0 spiro atoms. The summed E-state index contributed by atoms with van der Waals surface area (Å²) in [7, 11) is -1.80. The lowest BCUT2D eigenvalue weighted by Crippen LogP contribution is -2.33. The van der Waals surface area contributed by atoms with Crippen LogP contribution in [0.25, 0.3) is 0 Å². The summed E-state index contributed by atoms with van der Waals surface area (Å²) in [4.78, 5) is 0.274. The van der Waals surface area contributed by atoms with Crippen molar-refractivity contribution in [2.45, 2.75) is 50.5 Å². The number of nitrogens with one attached hydrogen (secondary N) is 1. The van der Waals surface area contributed by atoms with E-state index in [1.54, 1.807) is 25.6 Å². The number of hydrogen-bond acceptors (Lipinski definition) is 4. The Morgan fingerprint density at radius 2 is 2.10 bits per heavy atom. The maximum absolute atomic E-state index is 12.4. The van der Waals surface area contributed by atoms with Gasteiger partial charge in [0.1, 0.15) is 4.90 Å². The van der Waals surface area contributed by atoms with Gasteiger partial charge in [-0.05, 0) is 39.0 Å². The van der Waals surface area contributed by atoms with E-state index < -0.39 is 10.0 Å². The third kappa shape index (κ3) is 3.21. The molecule has 6 nitrogen and oxygen atoms in total. The number of aliphatic hydroxyl groups is 1. The number of nitrogens with zero attached hydrogens (tertiary/aromatic N) is 2. The van der Waals surface area contributed by atoms with Crippen LogP contribution >= 0.6 is 0 Å². The molecule has 2 N–H and O–H groups in total. The van der Waals surface area contributed by atoms with Crippen LogP contribution in [0.3, 0.4) is 0 Å². The molecule has 1 heterocycles. The second-order valence-electron chi connectivity index (χ2n) is 5.66. The van der Waals surface area contributed by atoms with E-state index >= 15 is 0 Å². The predicted molar refractivity (Wildman–Crippen MR) is 75.8 cm³/mol. The van der Waals surface area contributed by atoms with E-state index in [-0.39, 0.29) is 16.9 Å². The van der Waals surface area contributed by atoms with Crippen molar-refractivity contribution in [3.8, 4) is 0 Å². The third-order valence-electron chi connectivity index (χ3n) is 4.03. The summed E-state index contributed by atoms with van der Waals surface area (Å²) in [6.45, 7) is 3.83. The van der Waals surface area contributed by atoms with Crippen LogP contribution in [0.4, 0.5) is 0 Å². The fourth-order valence-corrected chi connectivity index (χ4v) is 4.44. The summed E-state index contributed by atoms with van der Waals surface area (Å²) in [6.07, 6.45) is 3.13. The van der Waals surface area contributed by atoms with Crippen LogP contribution in [0.2, 0.25) is 0 Å². The monoisotopic (exact) mass is 301 g/mol. The molecule has 0 radical (unpaired) electrons. The van der Waals surface area contributed by atoms with E-state index in [1.165, 1.54) is 0 Å². The molecule has 0 aliphatic heterocycles. The lowest BCUT2D eigenvalue weighted by Gasteiger charge is -2.25. The van der Waals surface area contributed by atoms with Crippen molar-refractivity contribution in [1.82, 2.24) is 14.5 Å². The fraction of sp³-hybridized carbons (Fsp3) is 0.769. The average Bonchev–Trinajstić information content (AvgIpc) is 2.61. The van der Waals surface area contributed by atoms with Crippen LogP contribution < -0.4 is 4.72 Å². The number of hydrogen-bond donors (Lipinski definition) is 2. The molecule has 2 atom stereocenters. The Balaban J connectivity index is 2.08. The molecule has 7 heteroatoms. The largest absolute Gasteiger partial charge is 0.393 e. The van der Waals surface area contributed by atoms with Crippen LogP contribution in [0, 0.1) is 19.8 Å². The Hall–Kier alpha value is -0.920. The normalized spacial score (nSPS) is 24.0. The Bertz CT molecular complexity index is 580. The van der Waals surface area contributed by atoms with E-state index in [9.17, 15) is 13.5 Å². The topological polar surface area (TPSA) is 84.2 Å². The molecular formula is C13H23N3O3S. The molecule has 0 aromatic carbocycles. The first-order chi connectivity index (χ1) is 9.31. The lowest BCUT2D eigenvalue weighted by molar-refractivity contribution is 0.102. The lowest BCUT2D eigenvalue weighted by atomic mass is 9.87. The van der Waals surface area contributed by atoms with Gasteiger partial charge in [0.2, 0.25) is 10.0 Å². The first-order valence-electron chi connectivity index (χ1n) is 6.99. The van der Waals surface area contributed by atoms with Crippen molar-refractivity contribution in [3.05, 3.63) is 11.4 Å². The highest BCUT2D eigenvalue weighted by atomic mass is 32.2. The highest BCUT2D eigenvalue weighted by molar-refractivity contribution is 7.89. The molecule has 0 saturated heterocycles. The molecule has 1 aromatic rings. The zero-order valence-electron chi connectivity index (χ0n) is 12.3. The van der Waals surface area contributed by atoms with E-state index in [0.29, 0.717) is 24.4 Å².